The van der Waals surface area contributed by atoms with Crippen LogP contribution in [-0.4, -0.2) is 21.5 Å². The molecule has 0 aliphatic rings. The smallest absolute Gasteiger partial charge is 0.341 e. The third kappa shape index (κ3) is 3.75. The third-order valence-corrected chi connectivity index (χ3v) is 4.72. The molecule has 0 atom stereocenters. The van der Waals surface area contributed by atoms with Crippen LogP contribution in [0.4, 0.5) is 0 Å². The Morgan fingerprint density at radius 2 is 1.86 bits per heavy atom. The van der Waals surface area contributed by atoms with E-state index in [4.69, 9.17) is 4.18 Å². The van der Waals surface area contributed by atoms with E-state index in [1.165, 1.54) is 30.6 Å². The van der Waals surface area contributed by atoms with Gasteiger partial charge in [0.05, 0.1) is 7.11 Å². The number of carbonyl (C=O) groups is 1. The Morgan fingerprint density at radius 3 is 2.41 bits per heavy atom. The van der Waals surface area contributed by atoms with Crippen LogP contribution in [0.2, 0.25) is 0 Å². The molecular formula is C15H14O5S2. The SMILES string of the molecule is COC(=O)C(=COS(=O)(=O)c1ccc(C)cc1)c1ccsc1. The first-order valence-electron chi connectivity index (χ1n) is 6.25. The van der Waals surface area contributed by atoms with Crippen LogP contribution >= 0.6 is 11.3 Å². The van der Waals surface area contributed by atoms with Crippen LogP contribution in [0.25, 0.3) is 5.57 Å². The molecule has 1 aromatic carbocycles. The van der Waals surface area contributed by atoms with Crippen LogP contribution in [0.5, 0.6) is 0 Å². The molecule has 22 heavy (non-hydrogen) atoms. The molecule has 0 aliphatic carbocycles. The molecule has 0 bridgehead atoms. The molecule has 0 saturated carbocycles. The summed E-state index contributed by atoms with van der Waals surface area (Å²) >= 11 is 1.37. The van der Waals surface area contributed by atoms with Crippen LogP contribution in [0.15, 0.2) is 52.2 Å². The molecule has 2 rings (SSSR count). The van der Waals surface area contributed by atoms with Crippen molar-refractivity contribution >= 4 is 33.0 Å². The fraction of sp³-hybridized carbons (Fsp3) is 0.133. The highest BCUT2D eigenvalue weighted by atomic mass is 32.2. The Morgan fingerprint density at radius 1 is 1.18 bits per heavy atom. The lowest BCUT2D eigenvalue weighted by molar-refractivity contribution is -0.133. The Balaban J connectivity index is 2.30. The van der Waals surface area contributed by atoms with Gasteiger partial charge in [-0.25, -0.2) is 4.79 Å². The average Bonchev–Trinajstić information content (AvgIpc) is 3.01. The summed E-state index contributed by atoms with van der Waals surface area (Å²) in [5.74, 6) is -0.669. The van der Waals surface area contributed by atoms with Crippen LogP contribution in [0, 0.1) is 6.92 Å². The summed E-state index contributed by atoms with van der Waals surface area (Å²) in [5, 5.41) is 3.46. The molecule has 0 amide bonds. The maximum Gasteiger partial charge on any atom is 0.341 e. The van der Waals surface area contributed by atoms with Crippen LogP contribution in [-0.2, 0) is 23.8 Å². The van der Waals surface area contributed by atoms with Gasteiger partial charge < -0.3 is 8.92 Å². The second-order valence-corrected chi connectivity index (χ2v) is 6.75. The Bertz CT molecular complexity index is 772. The van der Waals surface area contributed by atoms with E-state index in [2.05, 4.69) is 4.74 Å². The molecule has 0 unspecified atom stereocenters. The predicted molar refractivity (Wildman–Crippen MR) is 83.8 cm³/mol. The summed E-state index contributed by atoms with van der Waals surface area (Å²) in [7, 11) is -2.77. The second-order valence-electron chi connectivity index (χ2n) is 4.40. The van der Waals surface area contributed by atoms with Gasteiger partial charge in [0.2, 0.25) is 0 Å². The number of thiophene rings is 1. The largest absolute Gasteiger partial charge is 0.465 e. The lowest BCUT2D eigenvalue weighted by Crippen LogP contribution is -2.07. The number of carbonyl (C=O) groups excluding carboxylic acids is 1. The van der Waals surface area contributed by atoms with Crippen molar-refractivity contribution in [3.63, 3.8) is 0 Å². The van der Waals surface area contributed by atoms with Crippen molar-refractivity contribution < 1.29 is 22.1 Å². The summed E-state index contributed by atoms with van der Waals surface area (Å²) < 4.78 is 33.7. The molecule has 2 aromatic rings. The molecule has 1 heterocycles. The van der Waals surface area contributed by atoms with Crippen LogP contribution < -0.4 is 0 Å². The first kappa shape index (κ1) is 16.3. The van der Waals surface area contributed by atoms with E-state index in [0.29, 0.717) is 5.56 Å². The standard InChI is InChI=1S/C15H14O5S2/c1-11-3-5-13(6-4-11)22(17,18)20-9-14(15(16)19-2)12-7-8-21-10-12/h3-10H,1-2H3. The molecule has 0 spiro atoms. The third-order valence-electron chi connectivity index (χ3n) is 2.84. The Hall–Kier alpha value is -2.12. The number of methoxy groups -OCH3 is 1. The molecule has 116 valence electrons. The fourth-order valence-electron chi connectivity index (χ4n) is 1.63. The van der Waals surface area contributed by atoms with E-state index in [1.807, 2.05) is 6.92 Å². The molecule has 1 aromatic heterocycles. The van der Waals surface area contributed by atoms with Crippen molar-refractivity contribution in [1.29, 1.82) is 0 Å². The topological polar surface area (TPSA) is 69.7 Å². The van der Waals surface area contributed by atoms with Gasteiger partial charge in [-0.1, -0.05) is 17.7 Å². The molecular weight excluding hydrogens is 324 g/mol. The predicted octanol–water partition coefficient (Wildman–Crippen LogP) is 2.98. The Kier molecular flexibility index (Phi) is 4.99. The monoisotopic (exact) mass is 338 g/mol. The molecule has 0 radical (unpaired) electrons. The maximum absolute atomic E-state index is 12.1. The Labute approximate surface area is 132 Å². The zero-order valence-electron chi connectivity index (χ0n) is 12.0. The van der Waals surface area contributed by atoms with E-state index in [1.54, 1.807) is 29.0 Å². The minimum Gasteiger partial charge on any atom is -0.465 e. The van der Waals surface area contributed by atoms with Crippen LogP contribution in [0.1, 0.15) is 11.1 Å². The second kappa shape index (κ2) is 6.76. The molecule has 0 N–H and O–H groups in total. The van der Waals surface area contributed by atoms with E-state index in [0.717, 1.165) is 11.8 Å². The number of hydrogen-bond donors (Lipinski definition) is 0. The highest BCUT2D eigenvalue weighted by Gasteiger charge is 2.18. The summed E-state index contributed by atoms with van der Waals surface area (Å²) in [5.41, 5.74) is 1.51. The number of rotatable bonds is 5. The van der Waals surface area contributed by atoms with Crippen molar-refractivity contribution in [2.75, 3.05) is 7.11 Å². The summed E-state index contributed by atoms with van der Waals surface area (Å²) in [6.07, 6.45) is 0.906. The lowest BCUT2D eigenvalue weighted by atomic mass is 10.1. The van der Waals surface area contributed by atoms with Gasteiger partial charge in [-0.2, -0.15) is 19.8 Å². The van der Waals surface area contributed by atoms with Gasteiger partial charge in [0.15, 0.2) is 0 Å². The molecule has 0 fully saturated rings. The number of hydrogen-bond acceptors (Lipinski definition) is 6. The summed E-state index contributed by atoms with van der Waals surface area (Å²) in [4.78, 5) is 11.8. The van der Waals surface area contributed by atoms with E-state index >= 15 is 0 Å². The normalized spacial score (nSPS) is 12.0. The van der Waals surface area contributed by atoms with Gasteiger partial charge in [0, 0.05) is 5.56 Å². The van der Waals surface area contributed by atoms with Crippen molar-refractivity contribution in [2.24, 2.45) is 0 Å². The minimum atomic E-state index is -3.99. The van der Waals surface area contributed by atoms with Gasteiger partial charge in [-0.05, 0) is 35.9 Å². The lowest BCUT2D eigenvalue weighted by Gasteiger charge is -2.06. The quantitative estimate of drug-likeness (QED) is 0.363. The van der Waals surface area contributed by atoms with Gasteiger partial charge in [-0.3, -0.25) is 0 Å². The highest BCUT2D eigenvalue weighted by molar-refractivity contribution is 7.86. The molecule has 0 aliphatic heterocycles. The van der Waals surface area contributed by atoms with Crippen molar-refractivity contribution in [3.8, 4) is 0 Å². The van der Waals surface area contributed by atoms with E-state index in [9.17, 15) is 13.2 Å². The fourth-order valence-corrected chi connectivity index (χ4v) is 3.09. The van der Waals surface area contributed by atoms with Crippen molar-refractivity contribution in [1.82, 2.24) is 0 Å². The van der Waals surface area contributed by atoms with Crippen molar-refractivity contribution in [3.05, 3.63) is 58.5 Å². The van der Waals surface area contributed by atoms with Gasteiger partial charge in [0.25, 0.3) is 0 Å². The molecule has 5 nitrogen and oxygen atoms in total. The molecule has 0 saturated heterocycles. The van der Waals surface area contributed by atoms with E-state index < -0.39 is 16.1 Å². The van der Waals surface area contributed by atoms with Gasteiger partial charge in [0.1, 0.15) is 16.7 Å². The van der Waals surface area contributed by atoms with Crippen LogP contribution in [0.3, 0.4) is 0 Å². The first-order chi connectivity index (χ1) is 10.4. The number of ether oxygens (including phenoxy) is 1. The van der Waals surface area contributed by atoms with Gasteiger partial charge in [-0.15, -0.1) is 0 Å². The average molecular weight is 338 g/mol. The zero-order valence-corrected chi connectivity index (χ0v) is 13.6. The zero-order chi connectivity index (χ0) is 16.2. The molecule has 7 heteroatoms. The number of esters is 1. The highest BCUT2D eigenvalue weighted by Crippen LogP contribution is 2.21. The number of benzene rings is 1. The maximum atomic E-state index is 12.1. The van der Waals surface area contributed by atoms with Crippen molar-refractivity contribution in [2.45, 2.75) is 11.8 Å². The summed E-state index contributed by atoms with van der Waals surface area (Å²) in [6, 6.07) is 7.90. The minimum absolute atomic E-state index is 0.0175. The number of aryl methyl sites for hydroxylation is 1. The first-order valence-corrected chi connectivity index (χ1v) is 8.60. The van der Waals surface area contributed by atoms with E-state index in [-0.39, 0.29) is 10.5 Å². The summed E-state index contributed by atoms with van der Waals surface area (Å²) in [6.45, 7) is 1.85. The van der Waals surface area contributed by atoms with Gasteiger partial charge >= 0.3 is 16.1 Å².